The molecule has 0 spiro atoms. The first-order chi connectivity index (χ1) is 13.8. The first-order valence-corrected chi connectivity index (χ1v) is 10.2. The van der Waals surface area contributed by atoms with Crippen LogP contribution in [0.1, 0.15) is 46.8 Å². The molecule has 2 aromatic carbocycles. The molecule has 150 valence electrons. The van der Waals surface area contributed by atoms with Gasteiger partial charge in [0.15, 0.2) is 11.6 Å². The van der Waals surface area contributed by atoms with Crippen molar-refractivity contribution in [3.05, 3.63) is 63.5 Å². The fourth-order valence-electron chi connectivity index (χ4n) is 4.16. The van der Waals surface area contributed by atoms with Gasteiger partial charge in [-0.05, 0) is 61.6 Å². The Balaban J connectivity index is 1.98. The highest BCUT2D eigenvalue weighted by atomic mass is 79.9. The second kappa shape index (κ2) is 7.30. The van der Waals surface area contributed by atoms with Crippen molar-refractivity contribution in [1.82, 2.24) is 4.57 Å². The second-order valence-electron chi connectivity index (χ2n) is 7.47. The number of fused-ring (bicyclic) bond motifs is 1. The van der Waals surface area contributed by atoms with Gasteiger partial charge in [0.05, 0.1) is 11.4 Å². The Labute approximate surface area is 174 Å². The van der Waals surface area contributed by atoms with E-state index in [1.54, 1.807) is 31.2 Å². The van der Waals surface area contributed by atoms with E-state index in [-0.39, 0.29) is 17.3 Å². The van der Waals surface area contributed by atoms with Gasteiger partial charge in [-0.15, -0.1) is 0 Å². The molecule has 29 heavy (non-hydrogen) atoms. The quantitative estimate of drug-likeness (QED) is 0.560. The number of halogens is 2. The summed E-state index contributed by atoms with van der Waals surface area (Å²) in [6.45, 7) is 1.68. The maximum atomic E-state index is 14.2. The first kappa shape index (κ1) is 19.6. The van der Waals surface area contributed by atoms with Crippen LogP contribution in [0, 0.1) is 18.7 Å². The van der Waals surface area contributed by atoms with Gasteiger partial charge in [0.25, 0.3) is 5.91 Å². The van der Waals surface area contributed by atoms with Crippen LogP contribution in [-0.2, 0) is 4.79 Å². The lowest BCUT2D eigenvalue weighted by molar-refractivity contribution is -0.141. The third kappa shape index (κ3) is 3.23. The van der Waals surface area contributed by atoms with E-state index in [4.69, 9.17) is 0 Å². The third-order valence-electron chi connectivity index (χ3n) is 5.81. The summed E-state index contributed by atoms with van der Waals surface area (Å²) in [6.07, 6.45) is 2.54. The molecule has 3 aromatic rings. The number of hydrogen-bond acceptors (Lipinski definition) is 3. The van der Waals surface area contributed by atoms with Crippen LogP contribution in [0.4, 0.5) is 4.39 Å². The summed E-state index contributed by atoms with van der Waals surface area (Å²) in [5.41, 5.74) is 1.57. The molecular formula is C22H19BrFNO4. The number of aliphatic carboxylic acids is 1. The van der Waals surface area contributed by atoms with Crippen LogP contribution < -0.4 is 0 Å². The van der Waals surface area contributed by atoms with Crippen molar-refractivity contribution >= 4 is 38.7 Å². The molecule has 1 heterocycles. The van der Waals surface area contributed by atoms with Crippen LogP contribution in [0.15, 0.2) is 40.9 Å². The predicted octanol–water partition coefficient (Wildman–Crippen LogP) is 5.21. The van der Waals surface area contributed by atoms with E-state index in [9.17, 15) is 24.2 Å². The van der Waals surface area contributed by atoms with Crippen molar-refractivity contribution in [3.63, 3.8) is 0 Å². The number of aromatic hydroxyl groups is 1. The molecule has 1 unspecified atom stereocenters. The molecule has 1 saturated carbocycles. The number of aromatic nitrogens is 1. The fourth-order valence-corrected chi connectivity index (χ4v) is 4.42. The predicted molar refractivity (Wildman–Crippen MR) is 110 cm³/mol. The number of rotatable bonds is 4. The van der Waals surface area contributed by atoms with Crippen LogP contribution >= 0.6 is 15.9 Å². The summed E-state index contributed by atoms with van der Waals surface area (Å²) in [5.74, 6) is -3.63. The molecule has 0 aliphatic heterocycles. The minimum atomic E-state index is -0.975. The third-order valence-corrected chi connectivity index (χ3v) is 6.34. The summed E-state index contributed by atoms with van der Waals surface area (Å²) in [6, 6.07) is 9.08. The molecule has 0 radical (unpaired) electrons. The van der Waals surface area contributed by atoms with Crippen molar-refractivity contribution in [3.8, 4) is 5.75 Å². The monoisotopic (exact) mass is 459 g/mol. The van der Waals surface area contributed by atoms with E-state index in [0.29, 0.717) is 22.2 Å². The molecule has 1 aliphatic carbocycles. The van der Waals surface area contributed by atoms with E-state index < -0.39 is 23.5 Å². The Morgan fingerprint density at radius 3 is 2.41 bits per heavy atom. The van der Waals surface area contributed by atoms with Crippen LogP contribution in [-0.4, -0.2) is 26.7 Å². The van der Waals surface area contributed by atoms with Crippen LogP contribution in [0.3, 0.4) is 0 Å². The number of carboxylic acids is 1. The average molecular weight is 460 g/mol. The molecule has 1 atom stereocenters. The molecule has 0 bridgehead atoms. The molecule has 1 fully saturated rings. The zero-order valence-corrected chi connectivity index (χ0v) is 17.2. The molecule has 2 N–H and O–H groups in total. The van der Waals surface area contributed by atoms with E-state index in [2.05, 4.69) is 15.9 Å². The normalized spacial score (nSPS) is 15.3. The number of carbonyl (C=O) groups is 2. The SMILES string of the molecule is Cc1c(C(C(=O)O)C2CCC2)c2cc(O)c(F)cc2n1C(=O)c1ccc(Br)cc1. The number of phenols is 1. The minimum Gasteiger partial charge on any atom is -0.505 e. The lowest BCUT2D eigenvalue weighted by Crippen LogP contribution is -2.27. The van der Waals surface area contributed by atoms with E-state index >= 15 is 0 Å². The molecule has 4 rings (SSSR count). The van der Waals surface area contributed by atoms with E-state index in [0.717, 1.165) is 29.8 Å². The molecule has 0 saturated heterocycles. The van der Waals surface area contributed by atoms with Gasteiger partial charge in [0.1, 0.15) is 0 Å². The Kier molecular flexibility index (Phi) is 4.94. The van der Waals surface area contributed by atoms with Crippen LogP contribution in [0.5, 0.6) is 5.75 Å². The first-order valence-electron chi connectivity index (χ1n) is 9.36. The maximum Gasteiger partial charge on any atom is 0.311 e. The number of nitrogens with zero attached hydrogens (tertiary/aromatic N) is 1. The van der Waals surface area contributed by atoms with Gasteiger partial charge in [-0.3, -0.25) is 14.2 Å². The highest BCUT2D eigenvalue weighted by molar-refractivity contribution is 9.10. The smallest absolute Gasteiger partial charge is 0.311 e. The molecule has 5 nitrogen and oxygen atoms in total. The zero-order chi connectivity index (χ0) is 20.9. The Bertz CT molecular complexity index is 1130. The van der Waals surface area contributed by atoms with Crippen molar-refractivity contribution in [2.75, 3.05) is 0 Å². The molecule has 7 heteroatoms. The zero-order valence-electron chi connectivity index (χ0n) is 15.7. The van der Waals surface area contributed by atoms with Crippen molar-refractivity contribution in [2.45, 2.75) is 32.1 Å². The van der Waals surface area contributed by atoms with Crippen molar-refractivity contribution in [2.24, 2.45) is 5.92 Å². The Morgan fingerprint density at radius 2 is 1.86 bits per heavy atom. The molecule has 0 amide bonds. The van der Waals surface area contributed by atoms with E-state index in [1.807, 2.05) is 0 Å². The summed E-state index contributed by atoms with van der Waals surface area (Å²) >= 11 is 3.33. The molecule has 1 aromatic heterocycles. The Morgan fingerprint density at radius 1 is 1.21 bits per heavy atom. The van der Waals surface area contributed by atoms with Crippen molar-refractivity contribution in [1.29, 1.82) is 0 Å². The number of benzene rings is 2. The van der Waals surface area contributed by atoms with Crippen LogP contribution in [0.2, 0.25) is 0 Å². The molecular weight excluding hydrogens is 441 g/mol. The highest BCUT2D eigenvalue weighted by Crippen LogP contribution is 2.45. The minimum absolute atomic E-state index is 0.0415. The van der Waals surface area contributed by atoms with Crippen LogP contribution in [0.25, 0.3) is 10.9 Å². The number of hydrogen-bond donors (Lipinski definition) is 2. The largest absolute Gasteiger partial charge is 0.505 e. The lowest BCUT2D eigenvalue weighted by atomic mass is 9.72. The summed E-state index contributed by atoms with van der Waals surface area (Å²) in [7, 11) is 0. The maximum absolute atomic E-state index is 14.2. The topological polar surface area (TPSA) is 79.5 Å². The summed E-state index contributed by atoms with van der Waals surface area (Å²) < 4.78 is 16.4. The highest BCUT2D eigenvalue weighted by Gasteiger charge is 2.38. The Hall–Kier alpha value is -2.67. The summed E-state index contributed by atoms with van der Waals surface area (Å²) in [5, 5.41) is 20.3. The van der Waals surface area contributed by atoms with Gasteiger partial charge >= 0.3 is 5.97 Å². The van der Waals surface area contributed by atoms with Gasteiger partial charge in [-0.25, -0.2) is 4.39 Å². The van der Waals surface area contributed by atoms with Gasteiger partial charge in [-0.2, -0.15) is 0 Å². The fraction of sp³-hybridized carbons (Fsp3) is 0.273. The second-order valence-corrected chi connectivity index (χ2v) is 8.39. The summed E-state index contributed by atoms with van der Waals surface area (Å²) in [4.78, 5) is 25.4. The lowest BCUT2D eigenvalue weighted by Gasteiger charge is -2.31. The van der Waals surface area contributed by atoms with Gasteiger partial charge in [0, 0.05) is 27.2 Å². The average Bonchev–Trinajstić information content (AvgIpc) is 2.89. The molecule has 1 aliphatic rings. The standard InChI is InChI=1S/C22H19BrFNO4/c1-11-19(20(22(28)29)12-3-2-4-12)15-9-18(26)16(24)10-17(15)25(11)21(27)13-5-7-14(23)8-6-13/h5-10,12,20,26H,2-4H2,1H3,(H,28,29). The number of carbonyl (C=O) groups excluding carboxylic acids is 1. The van der Waals surface area contributed by atoms with Crippen molar-refractivity contribution < 1.29 is 24.2 Å². The van der Waals surface area contributed by atoms with E-state index in [1.165, 1.54) is 10.6 Å². The number of carboxylic acid groups (broad SMARTS) is 1. The van der Waals surface area contributed by atoms with Gasteiger partial charge < -0.3 is 10.2 Å². The van der Waals surface area contributed by atoms with Gasteiger partial charge in [-0.1, -0.05) is 22.4 Å². The number of phenolic OH excluding ortho intramolecular Hbond substituents is 1. The van der Waals surface area contributed by atoms with Gasteiger partial charge in [0.2, 0.25) is 0 Å².